The number of nitrogens with zero attached hydrogens (tertiary/aromatic N) is 2. The van der Waals surface area contributed by atoms with Gasteiger partial charge in [-0.2, -0.15) is 0 Å². The van der Waals surface area contributed by atoms with Crippen molar-refractivity contribution in [3.8, 4) is 11.3 Å². The Morgan fingerprint density at radius 2 is 1.88 bits per heavy atom. The molecular weight excluding hydrogens is 257 g/mol. The SMILES string of the molecule is CCNc1nccnc1-c1ccc(Cl)c(Cl)c1. The van der Waals surface area contributed by atoms with Crippen LogP contribution < -0.4 is 5.32 Å². The molecule has 0 saturated carbocycles. The lowest BCUT2D eigenvalue weighted by Gasteiger charge is -2.08. The van der Waals surface area contributed by atoms with Crippen LogP contribution in [0.4, 0.5) is 5.82 Å². The molecule has 1 aromatic heterocycles. The van der Waals surface area contributed by atoms with E-state index in [0.717, 1.165) is 23.6 Å². The third-order valence-corrected chi connectivity index (χ3v) is 2.97. The first-order valence-electron chi connectivity index (χ1n) is 5.22. The minimum Gasteiger partial charge on any atom is -0.369 e. The summed E-state index contributed by atoms with van der Waals surface area (Å²) in [5, 5.41) is 4.20. The molecule has 3 nitrogen and oxygen atoms in total. The first-order valence-corrected chi connectivity index (χ1v) is 5.98. The zero-order chi connectivity index (χ0) is 12.3. The van der Waals surface area contributed by atoms with E-state index in [1.807, 2.05) is 13.0 Å². The molecule has 0 unspecified atom stereocenters. The Morgan fingerprint density at radius 3 is 2.59 bits per heavy atom. The van der Waals surface area contributed by atoms with Gasteiger partial charge in [0, 0.05) is 24.5 Å². The fourth-order valence-electron chi connectivity index (χ4n) is 1.49. The van der Waals surface area contributed by atoms with Gasteiger partial charge in [0.1, 0.15) is 5.69 Å². The highest BCUT2D eigenvalue weighted by Crippen LogP contribution is 2.30. The van der Waals surface area contributed by atoms with Crippen molar-refractivity contribution in [1.82, 2.24) is 9.97 Å². The normalized spacial score (nSPS) is 10.3. The Kier molecular flexibility index (Phi) is 3.82. The average molecular weight is 268 g/mol. The average Bonchev–Trinajstić information content (AvgIpc) is 2.34. The van der Waals surface area contributed by atoms with E-state index < -0.39 is 0 Å². The predicted octanol–water partition coefficient (Wildman–Crippen LogP) is 3.88. The largest absolute Gasteiger partial charge is 0.369 e. The van der Waals surface area contributed by atoms with Gasteiger partial charge in [-0.1, -0.05) is 29.3 Å². The van der Waals surface area contributed by atoms with E-state index in [4.69, 9.17) is 23.2 Å². The lowest BCUT2D eigenvalue weighted by atomic mass is 10.1. The molecule has 2 rings (SSSR count). The minimum absolute atomic E-state index is 0.511. The van der Waals surface area contributed by atoms with E-state index in [9.17, 15) is 0 Å². The summed E-state index contributed by atoms with van der Waals surface area (Å²) in [5.74, 6) is 0.744. The summed E-state index contributed by atoms with van der Waals surface area (Å²) >= 11 is 11.9. The molecule has 17 heavy (non-hydrogen) atoms. The lowest BCUT2D eigenvalue weighted by molar-refractivity contribution is 1.12. The molecule has 0 radical (unpaired) electrons. The Bertz CT molecular complexity index is 529. The van der Waals surface area contributed by atoms with E-state index in [-0.39, 0.29) is 0 Å². The van der Waals surface area contributed by atoms with Crippen LogP contribution in [0.1, 0.15) is 6.92 Å². The Labute approximate surface area is 110 Å². The molecule has 88 valence electrons. The van der Waals surface area contributed by atoms with Gasteiger partial charge in [0.15, 0.2) is 5.82 Å². The number of hydrogen-bond donors (Lipinski definition) is 1. The summed E-state index contributed by atoms with van der Waals surface area (Å²) in [7, 11) is 0. The van der Waals surface area contributed by atoms with E-state index in [2.05, 4.69) is 15.3 Å². The molecule has 1 heterocycles. The molecule has 0 amide bonds. The number of benzene rings is 1. The minimum atomic E-state index is 0.511. The van der Waals surface area contributed by atoms with Crippen molar-refractivity contribution in [3.05, 3.63) is 40.6 Å². The Hall–Kier alpha value is -1.32. The fourth-order valence-corrected chi connectivity index (χ4v) is 1.79. The Morgan fingerprint density at radius 1 is 1.12 bits per heavy atom. The monoisotopic (exact) mass is 267 g/mol. The summed E-state index contributed by atoms with van der Waals surface area (Å²) in [6.45, 7) is 2.79. The van der Waals surface area contributed by atoms with Gasteiger partial charge in [0.2, 0.25) is 0 Å². The first-order chi connectivity index (χ1) is 8.22. The second kappa shape index (κ2) is 5.34. The topological polar surface area (TPSA) is 37.8 Å². The van der Waals surface area contributed by atoms with Gasteiger partial charge in [0.05, 0.1) is 10.0 Å². The molecule has 0 aliphatic heterocycles. The van der Waals surface area contributed by atoms with Crippen LogP contribution in [0.25, 0.3) is 11.3 Å². The van der Waals surface area contributed by atoms with E-state index in [1.54, 1.807) is 24.5 Å². The molecule has 5 heteroatoms. The van der Waals surface area contributed by atoms with Gasteiger partial charge in [0.25, 0.3) is 0 Å². The van der Waals surface area contributed by atoms with Crippen molar-refractivity contribution in [1.29, 1.82) is 0 Å². The van der Waals surface area contributed by atoms with Crippen molar-refractivity contribution in [2.75, 3.05) is 11.9 Å². The predicted molar refractivity (Wildman–Crippen MR) is 71.7 cm³/mol. The molecule has 0 saturated heterocycles. The van der Waals surface area contributed by atoms with Gasteiger partial charge < -0.3 is 5.32 Å². The molecule has 0 atom stereocenters. The van der Waals surface area contributed by atoms with Crippen LogP contribution >= 0.6 is 23.2 Å². The molecule has 0 aliphatic rings. The molecule has 2 aromatic rings. The smallest absolute Gasteiger partial charge is 0.152 e. The van der Waals surface area contributed by atoms with Gasteiger partial charge in [-0.3, -0.25) is 4.98 Å². The van der Waals surface area contributed by atoms with Crippen molar-refractivity contribution in [3.63, 3.8) is 0 Å². The van der Waals surface area contributed by atoms with Crippen LogP contribution in [0.15, 0.2) is 30.6 Å². The van der Waals surface area contributed by atoms with E-state index >= 15 is 0 Å². The summed E-state index contributed by atoms with van der Waals surface area (Å²) < 4.78 is 0. The lowest BCUT2D eigenvalue weighted by Crippen LogP contribution is -2.02. The second-order valence-corrected chi connectivity index (χ2v) is 4.23. The maximum atomic E-state index is 5.99. The van der Waals surface area contributed by atoms with E-state index in [0.29, 0.717) is 10.0 Å². The zero-order valence-electron chi connectivity index (χ0n) is 9.24. The zero-order valence-corrected chi connectivity index (χ0v) is 10.8. The standard InChI is InChI=1S/C12H11Cl2N3/c1-2-15-12-11(16-5-6-17-12)8-3-4-9(13)10(14)7-8/h3-7H,2H2,1H3,(H,15,17). The van der Waals surface area contributed by atoms with Gasteiger partial charge in [-0.25, -0.2) is 4.98 Å². The van der Waals surface area contributed by atoms with Gasteiger partial charge in [-0.15, -0.1) is 0 Å². The molecule has 0 fully saturated rings. The van der Waals surface area contributed by atoms with Gasteiger partial charge >= 0.3 is 0 Å². The van der Waals surface area contributed by atoms with Crippen LogP contribution in [-0.2, 0) is 0 Å². The summed E-state index contributed by atoms with van der Waals surface area (Å²) in [4.78, 5) is 8.56. The third kappa shape index (κ3) is 2.68. The summed E-state index contributed by atoms with van der Waals surface area (Å²) in [5.41, 5.74) is 1.66. The summed E-state index contributed by atoms with van der Waals surface area (Å²) in [6.07, 6.45) is 3.30. The highest BCUT2D eigenvalue weighted by molar-refractivity contribution is 6.42. The molecule has 1 aromatic carbocycles. The van der Waals surface area contributed by atoms with Crippen LogP contribution in [-0.4, -0.2) is 16.5 Å². The van der Waals surface area contributed by atoms with Crippen molar-refractivity contribution in [2.24, 2.45) is 0 Å². The number of rotatable bonds is 3. The number of halogens is 2. The highest BCUT2D eigenvalue weighted by atomic mass is 35.5. The fraction of sp³-hybridized carbons (Fsp3) is 0.167. The number of nitrogens with one attached hydrogen (secondary N) is 1. The quantitative estimate of drug-likeness (QED) is 0.917. The first kappa shape index (κ1) is 12.1. The number of anilines is 1. The van der Waals surface area contributed by atoms with Crippen molar-refractivity contribution >= 4 is 29.0 Å². The molecular formula is C12H11Cl2N3. The molecule has 1 N–H and O–H groups in total. The summed E-state index contributed by atoms with van der Waals surface area (Å²) in [6, 6.07) is 5.41. The number of hydrogen-bond acceptors (Lipinski definition) is 3. The maximum Gasteiger partial charge on any atom is 0.152 e. The highest BCUT2D eigenvalue weighted by Gasteiger charge is 2.08. The van der Waals surface area contributed by atoms with Gasteiger partial charge in [-0.05, 0) is 19.1 Å². The molecule has 0 spiro atoms. The maximum absolute atomic E-state index is 5.99. The van der Waals surface area contributed by atoms with Crippen molar-refractivity contribution < 1.29 is 0 Å². The van der Waals surface area contributed by atoms with Crippen LogP contribution in [0.3, 0.4) is 0 Å². The number of aromatic nitrogens is 2. The molecule has 0 bridgehead atoms. The van der Waals surface area contributed by atoms with Crippen LogP contribution in [0, 0.1) is 0 Å². The van der Waals surface area contributed by atoms with Crippen LogP contribution in [0.5, 0.6) is 0 Å². The second-order valence-electron chi connectivity index (χ2n) is 3.41. The van der Waals surface area contributed by atoms with Crippen molar-refractivity contribution in [2.45, 2.75) is 6.92 Å². The third-order valence-electron chi connectivity index (χ3n) is 2.24. The van der Waals surface area contributed by atoms with E-state index in [1.165, 1.54) is 0 Å². The van der Waals surface area contributed by atoms with Crippen LogP contribution in [0.2, 0.25) is 10.0 Å². The molecule has 0 aliphatic carbocycles. The Balaban J connectivity index is 2.48.